The van der Waals surface area contributed by atoms with Crippen LogP contribution in [0.2, 0.25) is 0 Å². The van der Waals surface area contributed by atoms with Gasteiger partial charge in [0.25, 0.3) is 0 Å². The molecule has 0 radical (unpaired) electrons. The van der Waals surface area contributed by atoms with Gasteiger partial charge in [0.05, 0.1) is 26.9 Å². The molecule has 0 aliphatic rings. The average molecular weight is 348 g/mol. The Morgan fingerprint density at radius 1 is 1.29 bits per heavy atom. The number of aromatic carboxylic acids is 1. The van der Waals surface area contributed by atoms with Crippen LogP contribution < -0.4 is 14.9 Å². The van der Waals surface area contributed by atoms with E-state index < -0.39 is 5.97 Å². The van der Waals surface area contributed by atoms with Gasteiger partial charge >= 0.3 is 5.97 Å². The smallest absolute Gasteiger partial charge is 0.340 e. The molecule has 2 rings (SSSR count). The molecule has 0 atom stereocenters. The zero-order valence-corrected chi connectivity index (χ0v) is 13.9. The molecular weight excluding hydrogens is 332 g/mol. The molecule has 0 saturated carbocycles. The lowest BCUT2D eigenvalue weighted by Crippen LogP contribution is -2.19. The number of hydrogen-bond acceptors (Lipinski definition) is 6. The first-order valence-corrected chi connectivity index (χ1v) is 7.77. The molecule has 0 spiro atoms. The lowest BCUT2D eigenvalue weighted by molar-refractivity contribution is -0.120. The number of ether oxygens (including phenoxy) is 2. The number of carboxylic acids is 1. The van der Waals surface area contributed by atoms with Crippen molar-refractivity contribution in [1.82, 2.24) is 5.43 Å². The predicted molar refractivity (Wildman–Crippen MR) is 90.3 cm³/mol. The second-order valence-corrected chi connectivity index (χ2v) is 5.65. The fourth-order valence-corrected chi connectivity index (χ4v) is 2.76. The van der Waals surface area contributed by atoms with Crippen LogP contribution in [0, 0.1) is 0 Å². The second kappa shape index (κ2) is 8.11. The quantitative estimate of drug-likeness (QED) is 0.590. The lowest BCUT2D eigenvalue weighted by Gasteiger charge is -2.12. The van der Waals surface area contributed by atoms with Gasteiger partial charge in [-0.25, -0.2) is 10.2 Å². The fraction of sp³-hybridized carbons (Fsp3) is 0.188. The van der Waals surface area contributed by atoms with E-state index >= 15 is 0 Å². The number of methoxy groups -OCH3 is 2. The third-order valence-electron chi connectivity index (χ3n) is 3.10. The molecule has 1 heterocycles. The fourth-order valence-electron chi connectivity index (χ4n) is 2.06. The van der Waals surface area contributed by atoms with Gasteiger partial charge in [-0.3, -0.25) is 4.79 Å². The van der Waals surface area contributed by atoms with Crippen LogP contribution in [0.1, 0.15) is 20.8 Å². The number of hydrazone groups is 1. The van der Waals surface area contributed by atoms with E-state index in [1.807, 2.05) is 17.5 Å². The molecule has 7 nitrogen and oxygen atoms in total. The highest BCUT2D eigenvalue weighted by molar-refractivity contribution is 7.10. The van der Waals surface area contributed by atoms with Crippen molar-refractivity contribution in [3.05, 3.63) is 45.6 Å². The summed E-state index contributed by atoms with van der Waals surface area (Å²) >= 11 is 1.48. The number of benzene rings is 1. The van der Waals surface area contributed by atoms with Crippen molar-refractivity contribution in [2.45, 2.75) is 6.42 Å². The molecule has 0 saturated heterocycles. The zero-order chi connectivity index (χ0) is 17.5. The topological polar surface area (TPSA) is 97.2 Å². The van der Waals surface area contributed by atoms with Gasteiger partial charge in [-0.05, 0) is 23.6 Å². The molecular formula is C16H16N2O5S. The Labute approximate surface area is 142 Å². The Hall–Kier alpha value is -2.87. The molecule has 2 aromatic rings. The van der Waals surface area contributed by atoms with Crippen LogP contribution in [0.5, 0.6) is 11.5 Å². The molecule has 0 aliphatic carbocycles. The van der Waals surface area contributed by atoms with Crippen LogP contribution in [-0.4, -0.2) is 37.4 Å². The molecule has 1 aromatic carbocycles. The molecule has 0 unspecified atom stereocenters. The maximum Gasteiger partial charge on any atom is 0.340 e. The summed E-state index contributed by atoms with van der Waals surface area (Å²) in [5, 5.41) is 15.1. The minimum absolute atomic E-state index is 0.0897. The van der Waals surface area contributed by atoms with Crippen molar-refractivity contribution in [3.63, 3.8) is 0 Å². The van der Waals surface area contributed by atoms with Gasteiger partial charge < -0.3 is 14.6 Å². The number of hydrogen-bond donors (Lipinski definition) is 2. The van der Waals surface area contributed by atoms with Gasteiger partial charge in [-0.1, -0.05) is 6.07 Å². The Bertz CT molecular complexity index is 756. The van der Waals surface area contributed by atoms with Crippen LogP contribution in [0.25, 0.3) is 0 Å². The summed E-state index contributed by atoms with van der Waals surface area (Å²) in [4.78, 5) is 24.2. The highest BCUT2D eigenvalue weighted by atomic mass is 32.1. The number of amides is 1. The average Bonchev–Trinajstić information content (AvgIpc) is 3.06. The summed E-state index contributed by atoms with van der Waals surface area (Å²) in [6, 6.07) is 6.81. The first-order chi connectivity index (χ1) is 11.6. The Morgan fingerprint density at radius 3 is 2.67 bits per heavy atom. The third-order valence-corrected chi connectivity index (χ3v) is 3.98. The molecule has 24 heavy (non-hydrogen) atoms. The number of nitrogens with one attached hydrogen (secondary N) is 1. The zero-order valence-electron chi connectivity index (χ0n) is 13.1. The normalized spacial score (nSPS) is 10.6. The van der Waals surface area contributed by atoms with Gasteiger partial charge in [0, 0.05) is 10.4 Å². The van der Waals surface area contributed by atoms with Gasteiger partial charge in [0.15, 0.2) is 11.5 Å². The highest BCUT2D eigenvalue weighted by Gasteiger charge is 2.20. The van der Waals surface area contributed by atoms with Crippen molar-refractivity contribution in [2.75, 3.05) is 14.2 Å². The number of carbonyl (C=O) groups excluding carboxylic acids is 1. The van der Waals surface area contributed by atoms with Crippen molar-refractivity contribution in [3.8, 4) is 11.5 Å². The van der Waals surface area contributed by atoms with Gasteiger partial charge in [0.2, 0.25) is 5.91 Å². The minimum Gasteiger partial charge on any atom is -0.493 e. The summed E-state index contributed by atoms with van der Waals surface area (Å²) in [6.45, 7) is 0. The van der Waals surface area contributed by atoms with Crippen LogP contribution >= 0.6 is 11.3 Å². The van der Waals surface area contributed by atoms with Crippen molar-refractivity contribution < 1.29 is 24.2 Å². The molecule has 0 fully saturated rings. The van der Waals surface area contributed by atoms with Crippen LogP contribution in [-0.2, 0) is 11.2 Å². The Balaban J connectivity index is 2.16. The lowest BCUT2D eigenvalue weighted by atomic mass is 10.1. The van der Waals surface area contributed by atoms with Crippen LogP contribution in [0.15, 0.2) is 34.7 Å². The van der Waals surface area contributed by atoms with E-state index in [0.29, 0.717) is 5.75 Å². The number of rotatable bonds is 7. The molecule has 1 aromatic heterocycles. The summed E-state index contributed by atoms with van der Waals surface area (Å²) < 4.78 is 10.2. The summed E-state index contributed by atoms with van der Waals surface area (Å²) in [5.74, 6) is -1.07. The highest BCUT2D eigenvalue weighted by Crippen LogP contribution is 2.32. The molecule has 0 aliphatic heterocycles. The molecule has 0 bridgehead atoms. The third kappa shape index (κ3) is 4.11. The molecule has 8 heteroatoms. The van der Waals surface area contributed by atoms with E-state index in [0.717, 1.165) is 4.88 Å². The first-order valence-electron chi connectivity index (χ1n) is 6.89. The molecule has 126 valence electrons. The monoisotopic (exact) mass is 348 g/mol. The van der Waals surface area contributed by atoms with E-state index in [1.54, 1.807) is 6.07 Å². The number of carboxylic acid groups (broad SMARTS) is 1. The second-order valence-electron chi connectivity index (χ2n) is 4.62. The van der Waals surface area contributed by atoms with Crippen LogP contribution in [0.4, 0.5) is 0 Å². The summed E-state index contributed by atoms with van der Waals surface area (Å²) in [6.07, 6.45) is 1.48. The SMILES string of the molecule is COc1ccc(/C=N\NC(=O)Cc2cccs2)c(C(=O)O)c1OC. The number of thiophene rings is 1. The van der Waals surface area contributed by atoms with Gasteiger partial charge in [-0.15, -0.1) is 11.3 Å². The summed E-state index contributed by atoms with van der Waals surface area (Å²) in [7, 11) is 2.77. The Morgan fingerprint density at radius 2 is 2.08 bits per heavy atom. The largest absolute Gasteiger partial charge is 0.493 e. The van der Waals surface area contributed by atoms with E-state index in [2.05, 4.69) is 10.5 Å². The Kier molecular flexibility index (Phi) is 5.91. The molecule has 2 N–H and O–H groups in total. The van der Waals surface area contributed by atoms with Crippen molar-refractivity contribution in [1.29, 1.82) is 0 Å². The maximum absolute atomic E-state index is 11.8. The minimum atomic E-state index is -1.18. The van der Waals surface area contributed by atoms with Crippen molar-refractivity contribution in [2.24, 2.45) is 5.10 Å². The predicted octanol–water partition coefficient (Wildman–Crippen LogP) is 2.16. The van der Waals surface area contributed by atoms with Gasteiger partial charge in [-0.2, -0.15) is 5.10 Å². The van der Waals surface area contributed by atoms with E-state index in [1.165, 1.54) is 37.8 Å². The first kappa shape index (κ1) is 17.5. The van der Waals surface area contributed by atoms with Crippen LogP contribution in [0.3, 0.4) is 0 Å². The number of carbonyl (C=O) groups is 2. The standard InChI is InChI=1S/C16H16N2O5S/c1-22-12-6-5-10(14(16(20)21)15(12)23-2)9-17-18-13(19)8-11-4-3-7-24-11/h3-7,9H,8H2,1-2H3,(H,18,19)(H,20,21)/b17-9-. The summed E-state index contributed by atoms with van der Waals surface area (Å²) in [5.41, 5.74) is 2.57. The van der Waals surface area contributed by atoms with E-state index in [9.17, 15) is 14.7 Å². The molecule has 1 amide bonds. The number of nitrogens with zero attached hydrogens (tertiary/aromatic N) is 1. The van der Waals surface area contributed by atoms with Gasteiger partial charge in [0.1, 0.15) is 5.56 Å². The van der Waals surface area contributed by atoms with Crippen molar-refractivity contribution >= 4 is 29.4 Å². The van der Waals surface area contributed by atoms with E-state index in [-0.39, 0.29) is 29.2 Å². The van der Waals surface area contributed by atoms with E-state index in [4.69, 9.17) is 9.47 Å². The maximum atomic E-state index is 11.8.